The highest BCUT2D eigenvalue weighted by Crippen LogP contribution is 2.39. The number of carbonyl (C=O) groups excluding carboxylic acids is 2. The van der Waals surface area contributed by atoms with E-state index in [1.165, 1.54) is 0 Å². The Morgan fingerprint density at radius 1 is 1.00 bits per heavy atom. The van der Waals surface area contributed by atoms with Crippen molar-refractivity contribution in [2.24, 2.45) is 0 Å². The molecule has 0 unspecified atom stereocenters. The third-order valence-electron chi connectivity index (χ3n) is 7.10. The van der Waals surface area contributed by atoms with Gasteiger partial charge in [-0.2, -0.15) is 0 Å². The lowest BCUT2D eigenvalue weighted by molar-refractivity contribution is -0.140. The van der Waals surface area contributed by atoms with E-state index in [-0.39, 0.29) is 11.3 Å². The van der Waals surface area contributed by atoms with Gasteiger partial charge in [-0.25, -0.2) is 0 Å². The zero-order valence-corrected chi connectivity index (χ0v) is 22.6. The second-order valence-corrected chi connectivity index (χ2v) is 10.2. The van der Waals surface area contributed by atoms with E-state index < -0.39 is 17.7 Å². The molecule has 2 aliphatic rings. The van der Waals surface area contributed by atoms with E-state index in [2.05, 4.69) is 11.0 Å². The van der Waals surface area contributed by atoms with Crippen molar-refractivity contribution in [3.63, 3.8) is 0 Å². The van der Waals surface area contributed by atoms with Crippen LogP contribution in [-0.4, -0.2) is 66.0 Å². The molecule has 39 heavy (non-hydrogen) atoms. The summed E-state index contributed by atoms with van der Waals surface area (Å²) in [6.45, 7) is 6.23. The lowest BCUT2D eigenvalue weighted by Crippen LogP contribution is -2.42. The van der Waals surface area contributed by atoms with Crippen molar-refractivity contribution in [3.8, 4) is 5.75 Å². The summed E-state index contributed by atoms with van der Waals surface area (Å²) in [6, 6.07) is 21.3. The molecule has 202 valence electrons. The molecule has 3 aromatic carbocycles. The first-order chi connectivity index (χ1) is 18.9. The molecule has 8 heteroatoms. The monoisotopic (exact) mass is 546 g/mol. The zero-order valence-electron chi connectivity index (χ0n) is 21.8. The van der Waals surface area contributed by atoms with Gasteiger partial charge in [-0.05, 0) is 54.4 Å². The molecule has 0 bridgehead atoms. The number of ether oxygens (including phenoxy) is 2. The van der Waals surface area contributed by atoms with Crippen molar-refractivity contribution in [2.75, 3.05) is 39.4 Å². The van der Waals surface area contributed by atoms with Gasteiger partial charge in [0, 0.05) is 36.8 Å². The fourth-order valence-corrected chi connectivity index (χ4v) is 5.14. The van der Waals surface area contributed by atoms with Crippen LogP contribution in [0.2, 0.25) is 5.02 Å². The molecule has 1 N–H and O–H groups in total. The van der Waals surface area contributed by atoms with Crippen LogP contribution in [0.25, 0.3) is 5.76 Å². The van der Waals surface area contributed by atoms with Gasteiger partial charge in [-0.1, -0.05) is 53.6 Å². The van der Waals surface area contributed by atoms with E-state index in [0.717, 1.165) is 24.2 Å². The van der Waals surface area contributed by atoms with Gasteiger partial charge in [0.15, 0.2) is 0 Å². The van der Waals surface area contributed by atoms with Gasteiger partial charge in [-0.3, -0.25) is 14.5 Å². The predicted octanol–water partition coefficient (Wildman–Crippen LogP) is 4.98. The van der Waals surface area contributed by atoms with Crippen molar-refractivity contribution in [3.05, 3.63) is 106 Å². The molecule has 0 spiro atoms. The van der Waals surface area contributed by atoms with Crippen LogP contribution in [0, 0.1) is 6.92 Å². The zero-order chi connectivity index (χ0) is 27.4. The van der Waals surface area contributed by atoms with Gasteiger partial charge >= 0.3 is 0 Å². The number of Topliss-reactive ketones (excluding diaryl/α,β-unsaturated/α-hetero) is 1. The summed E-state index contributed by atoms with van der Waals surface area (Å²) in [5.74, 6) is -0.905. The molecule has 2 saturated heterocycles. The van der Waals surface area contributed by atoms with E-state index in [9.17, 15) is 14.7 Å². The second-order valence-electron chi connectivity index (χ2n) is 9.80. The number of hydrogen-bond donors (Lipinski definition) is 1. The van der Waals surface area contributed by atoms with Crippen LogP contribution >= 0.6 is 11.6 Å². The Bertz CT molecular complexity index is 1360. The number of morpholine rings is 1. The molecule has 0 saturated carbocycles. The molecule has 2 heterocycles. The van der Waals surface area contributed by atoms with Crippen LogP contribution in [0.3, 0.4) is 0 Å². The topological polar surface area (TPSA) is 79.3 Å². The fraction of sp³-hybridized carbons (Fsp3) is 0.290. The predicted molar refractivity (Wildman–Crippen MR) is 150 cm³/mol. The Balaban J connectivity index is 1.41. The van der Waals surface area contributed by atoms with Gasteiger partial charge < -0.3 is 19.5 Å². The largest absolute Gasteiger partial charge is 0.507 e. The van der Waals surface area contributed by atoms with Crippen molar-refractivity contribution in [2.45, 2.75) is 19.6 Å². The summed E-state index contributed by atoms with van der Waals surface area (Å²) in [7, 11) is 0. The highest BCUT2D eigenvalue weighted by Gasteiger charge is 2.46. The molecule has 5 rings (SSSR count). The van der Waals surface area contributed by atoms with Crippen molar-refractivity contribution >= 4 is 29.1 Å². The van der Waals surface area contributed by atoms with Crippen LogP contribution in [0.5, 0.6) is 5.75 Å². The van der Waals surface area contributed by atoms with Gasteiger partial charge in [0.25, 0.3) is 11.7 Å². The summed E-state index contributed by atoms with van der Waals surface area (Å²) in [4.78, 5) is 30.3. The minimum absolute atomic E-state index is 0.0673. The Morgan fingerprint density at radius 2 is 1.72 bits per heavy atom. The Labute approximate surface area is 233 Å². The molecule has 3 aromatic rings. The minimum Gasteiger partial charge on any atom is -0.507 e. The molecular formula is C31H31ClN2O5. The normalized spacial score (nSPS) is 19.4. The molecule has 7 nitrogen and oxygen atoms in total. The van der Waals surface area contributed by atoms with Gasteiger partial charge in [0.05, 0.1) is 24.8 Å². The summed E-state index contributed by atoms with van der Waals surface area (Å²) >= 11 is 6.12. The number of aryl methyl sites for hydroxylation is 1. The number of likely N-dealkylation sites (tertiary alicyclic amines) is 1. The van der Waals surface area contributed by atoms with E-state index in [1.807, 2.05) is 25.1 Å². The summed E-state index contributed by atoms with van der Waals surface area (Å²) in [5.41, 5.74) is 3.43. The number of ketones is 1. The number of rotatable bonds is 8. The second kappa shape index (κ2) is 12.0. The molecule has 2 fully saturated rings. The number of carbonyl (C=O) groups is 2. The Hall–Kier alpha value is -3.65. The fourth-order valence-electron chi connectivity index (χ4n) is 5.01. The van der Waals surface area contributed by atoms with Crippen molar-refractivity contribution < 1.29 is 24.2 Å². The highest BCUT2D eigenvalue weighted by molar-refractivity contribution is 6.46. The maximum atomic E-state index is 13.3. The molecule has 2 aliphatic heterocycles. The average molecular weight is 547 g/mol. The number of nitrogens with zero attached hydrogens (tertiary/aromatic N) is 2. The van der Waals surface area contributed by atoms with E-state index >= 15 is 0 Å². The van der Waals surface area contributed by atoms with Gasteiger partial charge in [-0.15, -0.1) is 0 Å². The lowest BCUT2D eigenvalue weighted by atomic mass is 9.95. The Morgan fingerprint density at radius 3 is 2.41 bits per heavy atom. The first kappa shape index (κ1) is 26.9. The minimum atomic E-state index is -0.722. The van der Waals surface area contributed by atoms with Crippen LogP contribution < -0.4 is 4.74 Å². The Kier molecular flexibility index (Phi) is 8.31. The first-order valence-corrected chi connectivity index (χ1v) is 13.4. The molecule has 0 aliphatic carbocycles. The third-order valence-corrected chi connectivity index (χ3v) is 7.35. The van der Waals surface area contributed by atoms with Crippen LogP contribution in [0.15, 0.2) is 78.4 Å². The molecule has 1 amide bonds. The van der Waals surface area contributed by atoms with Gasteiger partial charge in [0.2, 0.25) is 0 Å². The summed E-state index contributed by atoms with van der Waals surface area (Å²) in [6.07, 6.45) is 0. The highest BCUT2D eigenvalue weighted by atomic mass is 35.5. The smallest absolute Gasteiger partial charge is 0.295 e. The number of halogens is 1. The van der Waals surface area contributed by atoms with Crippen molar-refractivity contribution in [1.82, 2.24) is 9.80 Å². The van der Waals surface area contributed by atoms with E-state index in [4.69, 9.17) is 21.1 Å². The molecule has 0 radical (unpaired) electrons. The van der Waals surface area contributed by atoms with Gasteiger partial charge in [0.1, 0.15) is 18.1 Å². The maximum absolute atomic E-state index is 13.3. The van der Waals surface area contributed by atoms with E-state index in [1.54, 1.807) is 53.4 Å². The standard InChI is InChI=1S/C31H31ClN2O5/c1-21-3-2-4-22(19-21)20-39-26-11-7-24(8-12-26)29(35)27-28(23-5-9-25(32)10-6-23)34(31(37)30(27)36)14-13-33-15-17-38-18-16-33/h2-12,19,28,35H,13-18,20H2,1H3/b29-27+/t28-/m1/s1. The molecule has 1 atom stereocenters. The number of amides is 1. The average Bonchev–Trinajstić information content (AvgIpc) is 3.21. The quantitative estimate of drug-likeness (QED) is 0.244. The van der Waals surface area contributed by atoms with Crippen LogP contribution in [0.1, 0.15) is 28.3 Å². The van der Waals surface area contributed by atoms with Crippen LogP contribution in [-0.2, 0) is 20.9 Å². The summed E-state index contributed by atoms with van der Waals surface area (Å²) in [5, 5.41) is 11.9. The van der Waals surface area contributed by atoms with E-state index in [0.29, 0.717) is 54.8 Å². The number of aliphatic hydroxyl groups excluding tert-OH is 1. The van der Waals surface area contributed by atoms with Crippen molar-refractivity contribution in [1.29, 1.82) is 0 Å². The molecular weight excluding hydrogens is 516 g/mol. The van der Waals surface area contributed by atoms with Crippen LogP contribution in [0.4, 0.5) is 0 Å². The molecule has 0 aromatic heterocycles. The lowest BCUT2D eigenvalue weighted by Gasteiger charge is -2.31. The SMILES string of the molecule is Cc1cccc(COc2ccc(/C(O)=C3\C(=O)C(=O)N(CCN4CCOCC4)[C@@H]3c3ccc(Cl)cc3)cc2)c1. The number of aliphatic hydroxyl groups is 1. The third kappa shape index (κ3) is 6.17. The number of benzene rings is 3. The first-order valence-electron chi connectivity index (χ1n) is 13.0. The maximum Gasteiger partial charge on any atom is 0.295 e. The number of hydrogen-bond acceptors (Lipinski definition) is 6. The summed E-state index contributed by atoms with van der Waals surface area (Å²) < 4.78 is 11.3.